The Morgan fingerprint density at radius 1 is 1.04 bits per heavy atom. The second kappa shape index (κ2) is 9.19. The number of likely N-dealkylation sites (N-methyl/N-ethyl adjacent to an activating group) is 1. The van der Waals surface area contributed by atoms with Crippen LogP contribution in [0.4, 0.5) is 0 Å². The molecule has 6 unspecified atom stereocenters. The third-order valence-corrected chi connectivity index (χ3v) is 10.4. The van der Waals surface area contributed by atoms with Gasteiger partial charge in [0, 0.05) is 24.2 Å². The van der Waals surface area contributed by atoms with Gasteiger partial charge in [-0.15, -0.1) is 0 Å². The largest absolute Gasteiger partial charge is 2.00 e. The number of sulfonamides is 1. The van der Waals surface area contributed by atoms with Gasteiger partial charge in [0.2, 0.25) is 10.0 Å². The fraction of sp³-hybridized carbons (Fsp3) is 0.909. The average Bonchev–Trinajstić information content (AvgIpc) is 2.54. The van der Waals surface area contributed by atoms with Gasteiger partial charge in [-0.05, 0) is 52.0 Å². The average molecular weight is 635 g/mol. The Bertz CT molecular complexity index is 636. The van der Waals surface area contributed by atoms with E-state index in [2.05, 4.69) is 53.5 Å². The van der Waals surface area contributed by atoms with Crippen LogP contribution in [0.15, 0.2) is 0 Å². The summed E-state index contributed by atoms with van der Waals surface area (Å²) in [6.45, 7) is 17.6. The first-order valence-electron chi connectivity index (χ1n) is 10.9. The van der Waals surface area contributed by atoms with E-state index in [1.54, 1.807) is 0 Å². The minimum atomic E-state index is -3.35. The van der Waals surface area contributed by atoms with E-state index < -0.39 is 10.0 Å². The molecule has 0 N–H and O–H groups in total. The maximum absolute atomic E-state index is 14.0. The van der Waals surface area contributed by atoms with E-state index in [1.807, 2.05) is 4.31 Å². The van der Waals surface area contributed by atoms with Crippen molar-refractivity contribution in [3.8, 4) is 0 Å². The SMILES string of the molecule is [CH2-]C([CH2-])C1CCC(S(=O)(=O)N2C3C(C)CCCC3N(C)CC2(C)C)C(C)C1.[U+2]. The van der Waals surface area contributed by atoms with E-state index in [1.165, 1.54) is 6.42 Å². The van der Waals surface area contributed by atoms with Crippen molar-refractivity contribution in [1.29, 1.82) is 0 Å². The maximum atomic E-state index is 14.0. The van der Waals surface area contributed by atoms with Gasteiger partial charge in [0.1, 0.15) is 0 Å². The molecule has 0 aromatic heterocycles. The van der Waals surface area contributed by atoms with Crippen LogP contribution < -0.4 is 0 Å². The van der Waals surface area contributed by atoms with E-state index in [0.29, 0.717) is 17.9 Å². The molecule has 3 aliphatic rings. The van der Waals surface area contributed by atoms with Crippen molar-refractivity contribution < 1.29 is 39.5 Å². The summed E-state index contributed by atoms with van der Waals surface area (Å²) in [5, 5.41) is -0.259. The number of nitrogens with zero attached hydrogens (tertiary/aromatic N) is 2. The van der Waals surface area contributed by atoms with Gasteiger partial charge in [0.05, 0.1) is 5.25 Å². The number of rotatable bonds is 3. The molecule has 2 saturated carbocycles. The summed E-state index contributed by atoms with van der Waals surface area (Å²) in [5.41, 5.74) is -0.363. The summed E-state index contributed by atoms with van der Waals surface area (Å²) in [6.07, 6.45) is 6.06. The Labute approximate surface area is 198 Å². The molecule has 1 heterocycles. The molecule has 6 atom stereocenters. The number of hydrogen-bond donors (Lipinski definition) is 0. The van der Waals surface area contributed by atoms with Crippen molar-refractivity contribution in [1.82, 2.24) is 9.21 Å². The zero-order chi connectivity index (χ0) is 20.1. The van der Waals surface area contributed by atoms with Crippen LogP contribution in [0.5, 0.6) is 0 Å². The van der Waals surface area contributed by atoms with Crippen molar-refractivity contribution in [3.05, 3.63) is 13.8 Å². The van der Waals surface area contributed by atoms with Crippen LogP contribution >= 0.6 is 0 Å². The molecule has 1 aliphatic heterocycles. The second-order valence-electron chi connectivity index (χ2n) is 10.4. The molecule has 0 aromatic rings. The Hall–Kier alpha value is 0.922. The predicted octanol–water partition coefficient (Wildman–Crippen LogP) is 3.99. The third-order valence-electron chi connectivity index (χ3n) is 7.66. The summed E-state index contributed by atoms with van der Waals surface area (Å²) in [6, 6.07) is 0.461. The zero-order valence-electron chi connectivity index (χ0n) is 18.5. The predicted molar refractivity (Wildman–Crippen MR) is 113 cm³/mol. The Kier molecular flexibility index (Phi) is 8.27. The number of hydrogen-bond acceptors (Lipinski definition) is 3. The Balaban J connectivity index is 0.00000280. The maximum Gasteiger partial charge on any atom is 2.00 e. The van der Waals surface area contributed by atoms with Gasteiger partial charge < -0.3 is 19.8 Å². The topological polar surface area (TPSA) is 40.6 Å². The van der Waals surface area contributed by atoms with Crippen molar-refractivity contribution in [2.75, 3.05) is 13.6 Å². The van der Waals surface area contributed by atoms with E-state index >= 15 is 0 Å². The molecule has 6 heteroatoms. The van der Waals surface area contributed by atoms with Gasteiger partial charge in [-0.3, -0.25) is 4.90 Å². The van der Waals surface area contributed by atoms with Gasteiger partial charge >= 0.3 is 31.1 Å². The monoisotopic (exact) mass is 634 g/mol. The van der Waals surface area contributed by atoms with Crippen molar-refractivity contribution >= 4 is 10.0 Å². The summed E-state index contributed by atoms with van der Waals surface area (Å²) in [5.74, 6) is 1.19. The van der Waals surface area contributed by atoms with Gasteiger partial charge in [-0.25, -0.2) is 8.42 Å². The van der Waals surface area contributed by atoms with Gasteiger partial charge in [-0.2, -0.15) is 4.31 Å². The molecule has 0 aromatic carbocycles. The molecule has 2 aliphatic carbocycles. The molecule has 0 amide bonds. The van der Waals surface area contributed by atoms with Gasteiger partial charge in [0.25, 0.3) is 0 Å². The number of fused-ring (bicyclic) bond motifs is 1. The minimum Gasteiger partial charge on any atom is -0.369 e. The smallest absolute Gasteiger partial charge is 0.369 e. The molecular formula is C22H40N2O2SU. The fourth-order valence-electron chi connectivity index (χ4n) is 6.38. The first-order chi connectivity index (χ1) is 12.5. The van der Waals surface area contributed by atoms with E-state index in [9.17, 15) is 8.42 Å². The second-order valence-corrected chi connectivity index (χ2v) is 12.4. The number of piperazine rings is 1. The van der Waals surface area contributed by atoms with E-state index in [4.69, 9.17) is 0 Å². The van der Waals surface area contributed by atoms with Crippen molar-refractivity contribution in [2.45, 2.75) is 89.1 Å². The first-order valence-corrected chi connectivity index (χ1v) is 12.4. The molecule has 0 radical (unpaired) electrons. The molecule has 1 saturated heterocycles. The van der Waals surface area contributed by atoms with Crippen molar-refractivity contribution in [2.24, 2.45) is 23.7 Å². The summed E-state index contributed by atoms with van der Waals surface area (Å²) < 4.78 is 30.0. The molecule has 4 nitrogen and oxygen atoms in total. The quantitative estimate of drug-likeness (QED) is 0.442. The molecular weight excluding hydrogens is 594 g/mol. The molecule has 0 bridgehead atoms. The fourth-order valence-corrected chi connectivity index (χ4v) is 9.24. The van der Waals surface area contributed by atoms with Crippen LogP contribution in [-0.4, -0.2) is 54.1 Å². The van der Waals surface area contributed by atoms with Crippen LogP contribution in [0.1, 0.15) is 66.2 Å². The van der Waals surface area contributed by atoms with Crippen LogP contribution in [0.2, 0.25) is 0 Å². The molecule has 3 fully saturated rings. The third kappa shape index (κ3) is 4.57. The Morgan fingerprint density at radius 2 is 1.68 bits per heavy atom. The van der Waals surface area contributed by atoms with E-state index in [0.717, 1.165) is 38.6 Å². The van der Waals surface area contributed by atoms with Crippen LogP contribution in [0, 0.1) is 68.6 Å². The van der Waals surface area contributed by atoms with Gasteiger partial charge in [-0.1, -0.05) is 39.0 Å². The molecule has 3 rings (SSSR count). The molecule has 0 spiro atoms. The summed E-state index contributed by atoms with van der Waals surface area (Å²) in [7, 11) is -1.17. The summed E-state index contributed by atoms with van der Waals surface area (Å²) in [4.78, 5) is 2.42. The van der Waals surface area contributed by atoms with Crippen LogP contribution in [0.3, 0.4) is 0 Å². The van der Waals surface area contributed by atoms with Gasteiger partial charge in [0.15, 0.2) is 0 Å². The zero-order valence-corrected chi connectivity index (χ0v) is 23.5. The van der Waals surface area contributed by atoms with Crippen LogP contribution in [0.25, 0.3) is 0 Å². The summed E-state index contributed by atoms with van der Waals surface area (Å²) >= 11 is 0. The molecule has 28 heavy (non-hydrogen) atoms. The normalized spacial score (nSPS) is 40.0. The van der Waals surface area contributed by atoms with E-state index in [-0.39, 0.29) is 59.8 Å². The Morgan fingerprint density at radius 3 is 2.25 bits per heavy atom. The van der Waals surface area contributed by atoms with Crippen molar-refractivity contribution in [3.63, 3.8) is 0 Å². The first kappa shape index (κ1) is 25.2. The minimum absolute atomic E-state index is 0. The molecule has 160 valence electrons. The standard InChI is InChI=1S/C22H40N2O2S.U/c1-15(2)18-11-12-20(17(4)13-18)27(25,26)24-21-16(3)9-8-10-19(21)23(7)14-22(24,5)6;/h15-21H,1-2,8-14H2,3-7H3;/q-2;+2. The van der Waals surface area contributed by atoms with Crippen LogP contribution in [-0.2, 0) is 10.0 Å².